The normalized spacial score (nSPS) is 16.1. The fraction of sp³-hybridized carbons (Fsp3) is 0.520. The fourth-order valence-electron chi connectivity index (χ4n) is 4.21. The van der Waals surface area contributed by atoms with Crippen molar-refractivity contribution in [1.29, 1.82) is 0 Å². The van der Waals surface area contributed by atoms with Gasteiger partial charge in [0.15, 0.2) is 11.4 Å². The van der Waals surface area contributed by atoms with Crippen molar-refractivity contribution in [3.63, 3.8) is 0 Å². The third-order valence-electron chi connectivity index (χ3n) is 6.15. The molecular weight excluding hydrogens is 434 g/mol. The Morgan fingerprint density at radius 1 is 1.15 bits per heavy atom. The first-order valence-electron chi connectivity index (χ1n) is 11.7. The van der Waals surface area contributed by atoms with Gasteiger partial charge in [0.1, 0.15) is 12.2 Å². The summed E-state index contributed by atoms with van der Waals surface area (Å²) in [5, 5.41) is 9.61. The Kier molecular flexibility index (Phi) is 7.02. The van der Waals surface area contributed by atoms with Gasteiger partial charge in [0, 0.05) is 25.8 Å². The van der Waals surface area contributed by atoms with E-state index in [9.17, 15) is 5.11 Å². The number of aryl methyl sites for hydroxylation is 1. The molecular formula is C25H35N3O4Si. The first kappa shape index (κ1) is 24.0. The zero-order valence-corrected chi connectivity index (χ0v) is 21.4. The summed E-state index contributed by atoms with van der Waals surface area (Å²) in [5.74, 6) is -0.697. The number of aromatic nitrogens is 3. The predicted octanol–water partition coefficient (Wildman–Crippen LogP) is 4.68. The van der Waals surface area contributed by atoms with E-state index < -0.39 is 13.9 Å². The van der Waals surface area contributed by atoms with Gasteiger partial charge in [0.05, 0.1) is 37.4 Å². The second-order valence-corrected chi connectivity index (χ2v) is 15.5. The van der Waals surface area contributed by atoms with Gasteiger partial charge < -0.3 is 19.3 Å². The molecule has 7 nitrogen and oxygen atoms in total. The summed E-state index contributed by atoms with van der Waals surface area (Å²) in [6, 6.07) is 9.44. The summed E-state index contributed by atoms with van der Waals surface area (Å²) >= 11 is 0. The summed E-state index contributed by atoms with van der Waals surface area (Å²) in [7, 11) is -1.18. The highest BCUT2D eigenvalue weighted by atomic mass is 28.3. The van der Waals surface area contributed by atoms with Gasteiger partial charge in [-0.1, -0.05) is 50.8 Å². The van der Waals surface area contributed by atoms with E-state index in [-0.39, 0.29) is 6.61 Å². The molecule has 178 valence electrons. The number of fused-ring (bicyclic) bond motifs is 1. The van der Waals surface area contributed by atoms with Crippen LogP contribution in [0.3, 0.4) is 0 Å². The average Bonchev–Trinajstić information content (AvgIpc) is 3.37. The molecule has 0 amide bonds. The van der Waals surface area contributed by atoms with Gasteiger partial charge in [-0.15, -0.1) is 0 Å². The molecule has 0 bridgehead atoms. The number of benzene rings is 1. The van der Waals surface area contributed by atoms with Crippen LogP contribution in [0.5, 0.6) is 0 Å². The molecule has 0 spiro atoms. The monoisotopic (exact) mass is 469 g/mol. The molecule has 1 fully saturated rings. The smallest absolute Gasteiger partial charge is 0.192 e. The summed E-state index contributed by atoms with van der Waals surface area (Å²) < 4.78 is 19.9. The second kappa shape index (κ2) is 9.64. The summed E-state index contributed by atoms with van der Waals surface area (Å²) in [5.41, 5.74) is 6.40. The number of aliphatic hydroxyl groups is 1. The molecule has 3 heterocycles. The Morgan fingerprint density at radius 2 is 1.85 bits per heavy atom. The Morgan fingerprint density at radius 3 is 2.45 bits per heavy atom. The van der Waals surface area contributed by atoms with Gasteiger partial charge in [0.2, 0.25) is 0 Å². The minimum atomic E-state index is -1.18. The minimum Gasteiger partial charge on any atom is -0.390 e. The van der Waals surface area contributed by atoms with Crippen LogP contribution < -0.4 is 0 Å². The van der Waals surface area contributed by atoms with Crippen molar-refractivity contribution in [1.82, 2.24) is 14.5 Å². The number of hydrogen-bond donors (Lipinski definition) is 1. The van der Waals surface area contributed by atoms with Crippen molar-refractivity contribution in [2.75, 3.05) is 19.8 Å². The average molecular weight is 470 g/mol. The predicted molar refractivity (Wildman–Crippen MR) is 132 cm³/mol. The van der Waals surface area contributed by atoms with Crippen LogP contribution in [0.1, 0.15) is 30.7 Å². The number of ether oxygens (including phenoxy) is 3. The lowest BCUT2D eigenvalue weighted by Gasteiger charge is -2.23. The fourth-order valence-corrected chi connectivity index (χ4v) is 4.97. The van der Waals surface area contributed by atoms with E-state index in [4.69, 9.17) is 19.2 Å². The lowest BCUT2D eigenvalue weighted by molar-refractivity contribution is -0.149. The van der Waals surface area contributed by atoms with Gasteiger partial charge in [-0.05, 0) is 25.0 Å². The van der Waals surface area contributed by atoms with Crippen LogP contribution in [0.2, 0.25) is 25.7 Å². The van der Waals surface area contributed by atoms with E-state index >= 15 is 0 Å². The summed E-state index contributed by atoms with van der Waals surface area (Å²) in [4.78, 5) is 9.36. The third-order valence-corrected chi connectivity index (χ3v) is 7.86. The maximum atomic E-state index is 9.61. The van der Waals surface area contributed by atoms with Gasteiger partial charge in [0.25, 0.3) is 0 Å². The molecule has 4 rings (SSSR count). The molecule has 0 aliphatic carbocycles. The Labute approximate surface area is 196 Å². The molecule has 0 radical (unpaired) electrons. The molecule has 33 heavy (non-hydrogen) atoms. The van der Waals surface area contributed by atoms with Gasteiger partial charge in [-0.2, -0.15) is 0 Å². The van der Waals surface area contributed by atoms with Gasteiger partial charge in [-0.25, -0.2) is 9.97 Å². The maximum Gasteiger partial charge on any atom is 0.192 e. The molecule has 0 atom stereocenters. The molecule has 1 aliphatic heterocycles. The van der Waals surface area contributed by atoms with Crippen LogP contribution in [0, 0.1) is 0 Å². The minimum absolute atomic E-state index is 0.132. The third kappa shape index (κ3) is 5.05. The quantitative estimate of drug-likeness (QED) is 0.362. The molecule has 1 N–H and O–H groups in total. The maximum absolute atomic E-state index is 9.61. The number of nitrogens with zero attached hydrogens (tertiary/aromatic N) is 3. The molecule has 1 aromatic carbocycles. The van der Waals surface area contributed by atoms with Crippen molar-refractivity contribution >= 4 is 19.2 Å². The zero-order chi connectivity index (χ0) is 23.6. The SMILES string of the molecule is CCc1c(-c2ccc(C3(C)OCCO3)cc2)n(COCC[Si](C)(C)C)c2ncc(CO)nc12. The van der Waals surface area contributed by atoms with Crippen molar-refractivity contribution < 1.29 is 19.3 Å². The molecule has 3 aromatic rings. The molecule has 1 saturated heterocycles. The second-order valence-electron chi connectivity index (χ2n) is 9.87. The van der Waals surface area contributed by atoms with Crippen molar-refractivity contribution in [2.45, 2.75) is 65.1 Å². The van der Waals surface area contributed by atoms with Crippen molar-refractivity contribution in [3.8, 4) is 11.3 Å². The first-order valence-corrected chi connectivity index (χ1v) is 15.4. The highest BCUT2D eigenvalue weighted by Gasteiger charge is 2.33. The van der Waals surface area contributed by atoms with Crippen LogP contribution in [0.15, 0.2) is 30.5 Å². The Hall–Kier alpha value is -2.10. The van der Waals surface area contributed by atoms with Crippen molar-refractivity contribution in [2.24, 2.45) is 0 Å². The first-order chi connectivity index (χ1) is 15.8. The van der Waals surface area contributed by atoms with Crippen LogP contribution >= 0.6 is 0 Å². The zero-order valence-electron chi connectivity index (χ0n) is 20.4. The highest BCUT2D eigenvalue weighted by molar-refractivity contribution is 6.76. The molecule has 8 heteroatoms. The molecule has 2 aromatic heterocycles. The summed E-state index contributed by atoms with van der Waals surface area (Å²) in [6.07, 6.45) is 2.44. The Bertz CT molecular complexity index is 1100. The van der Waals surface area contributed by atoms with E-state index in [1.54, 1.807) is 6.20 Å². The number of aliphatic hydroxyl groups excluding tert-OH is 1. The van der Waals surface area contributed by atoms with E-state index in [0.29, 0.717) is 25.6 Å². The van der Waals surface area contributed by atoms with E-state index in [1.807, 2.05) is 6.92 Å². The van der Waals surface area contributed by atoms with Crippen LogP contribution in [-0.4, -0.2) is 47.5 Å². The topological polar surface area (TPSA) is 78.6 Å². The Balaban J connectivity index is 1.74. The van der Waals surface area contributed by atoms with Crippen LogP contribution in [-0.2, 0) is 39.8 Å². The lowest BCUT2D eigenvalue weighted by Crippen LogP contribution is -2.22. The molecule has 0 saturated carbocycles. The highest BCUT2D eigenvalue weighted by Crippen LogP contribution is 2.36. The molecule has 1 aliphatic rings. The summed E-state index contributed by atoms with van der Waals surface area (Å²) in [6.45, 7) is 13.3. The number of rotatable bonds is 9. The lowest BCUT2D eigenvalue weighted by atomic mass is 10.0. The van der Waals surface area contributed by atoms with E-state index in [1.165, 1.54) is 0 Å². The largest absolute Gasteiger partial charge is 0.390 e. The van der Waals surface area contributed by atoms with Gasteiger partial charge in [-0.3, -0.25) is 4.57 Å². The van der Waals surface area contributed by atoms with E-state index in [2.05, 4.69) is 60.4 Å². The van der Waals surface area contributed by atoms with Gasteiger partial charge >= 0.3 is 0 Å². The van der Waals surface area contributed by atoms with Crippen molar-refractivity contribution in [3.05, 3.63) is 47.3 Å². The standard InChI is InChI=1S/C25H35N3O4Si/c1-6-21-22-24(26-15-20(16-29)27-22)28(17-30-13-14-33(3,4)5)23(21)18-7-9-19(10-8-18)25(2)31-11-12-32-25/h7-10,15,29H,6,11-14,16-17H2,1-5H3. The molecule has 0 unspecified atom stereocenters. The van der Waals surface area contributed by atoms with Crippen LogP contribution in [0.4, 0.5) is 0 Å². The van der Waals surface area contributed by atoms with E-state index in [0.717, 1.165) is 52.6 Å². The van der Waals surface area contributed by atoms with Crippen LogP contribution in [0.25, 0.3) is 22.4 Å². The number of hydrogen-bond acceptors (Lipinski definition) is 6.